The van der Waals surface area contributed by atoms with E-state index in [2.05, 4.69) is 36.9 Å². The van der Waals surface area contributed by atoms with Gasteiger partial charge in [0.25, 0.3) is 0 Å². The van der Waals surface area contributed by atoms with E-state index in [0.29, 0.717) is 18.6 Å². The molecule has 0 amide bonds. The number of benzene rings is 1. The minimum absolute atomic E-state index is 0.312. The molecule has 1 aromatic carbocycles. The van der Waals surface area contributed by atoms with Gasteiger partial charge in [-0.2, -0.15) is 5.26 Å². The lowest BCUT2D eigenvalue weighted by Gasteiger charge is -2.35. The fraction of sp³-hybridized carbons (Fsp3) is 0.533. The monoisotopic (exact) mass is 244 g/mol. The molecule has 2 rings (SSSR count). The summed E-state index contributed by atoms with van der Waals surface area (Å²) in [5.41, 5.74) is 2.39. The summed E-state index contributed by atoms with van der Waals surface area (Å²) in [6, 6.07) is 10.5. The Bertz CT molecular complexity index is 411. The molecule has 0 aromatic heterocycles. The molecule has 1 saturated heterocycles. The number of nitriles is 1. The Kier molecular flexibility index (Phi) is 4.35. The van der Waals surface area contributed by atoms with Crippen molar-refractivity contribution in [3.8, 4) is 6.07 Å². The number of hydrogen-bond acceptors (Lipinski definition) is 3. The maximum absolute atomic E-state index is 8.64. The van der Waals surface area contributed by atoms with Crippen LogP contribution in [0.3, 0.4) is 0 Å². The Morgan fingerprint density at radius 1 is 1.17 bits per heavy atom. The van der Waals surface area contributed by atoms with Crippen LogP contribution in [0.25, 0.3) is 0 Å². The third-order valence-corrected chi connectivity index (χ3v) is 3.21. The number of morpholine rings is 1. The zero-order valence-corrected chi connectivity index (χ0v) is 11.1. The van der Waals surface area contributed by atoms with Crippen LogP contribution < -0.4 is 0 Å². The van der Waals surface area contributed by atoms with Crippen LogP contribution in [0, 0.1) is 11.3 Å². The molecule has 96 valence electrons. The molecule has 0 N–H and O–H groups in total. The van der Waals surface area contributed by atoms with Gasteiger partial charge in [0.2, 0.25) is 0 Å². The van der Waals surface area contributed by atoms with Crippen molar-refractivity contribution in [1.29, 1.82) is 5.26 Å². The van der Waals surface area contributed by atoms with Crippen LogP contribution in [0.2, 0.25) is 0 Å². The molecule has 3 nitrogen and oxygen atoms in total. The van der Waals surface area contributed by atoms with Gasteiger partial charge in [-0.15, -0.1) is 0 Å². The SMILES string of the molecule is CC1CN(Cc2ccc(CC#N)cc2)CC(C)O1. The number of rotatable bonds is 3. The van der Waals surface area contributed by atoms with Gasteiger partial charge in [-0.25, -0.2) is 0 Å². The number of nitrogens with zero attached hydrogens (tertiary/aromatic N) is 2. The zero-order valence-electron chi connectivity index (χ0n) is 11.1. The fourth-order valence-corrected chi connectivity index (χ4v) is 2.53. The second-order valence-corrected chi connectivity index (χ2v) is 5.10. The molecule has 0 radical (unpaired) electrons. The topological polar surface area (TPSA) is 36.3 Å². The van der Waals surface area contributed by atoms with Gasteiger partial charge in [0.05, 0.1) is 24.7 Å². The van der Waals surface area contributed by atoms with Crippen LogP contribution in [-0.4, -0.2) is 30.2 Å². The van der Waals surface area contributed by atoms with E-state index in [1.54, 1.807) is 0 Å². The molecular formula is C15H20N2O. The molecule has 0 saturated carbocycles. The van der Waals surface area contributed by atoms with Crippen molar-refractivity contribution in [3.63, 3.8) is 0 Å². The Morgan fingerprint density at radius 2 is 1.72 bits per heavy atom. The first kappa shape index (κ1) is 13.1. The molecule has 0 spiro atoms. The van der Waals surface area contributed by atoms with Crippen molar-refractivity contribution in [2.24, 2.45) is 0 Å². The fourth-order valence-electron chi connectivity index (χ4n) is 2.53. The molecule has 1 fully saturated rings. The molecule has 0 bridgehead atoms. The van der Waals surface area contributed by atoms with E-state index in [4.69, 9.17) is 10.00 Å². The number of ether oxygens (including phenoxy) is 1. The van der Waals surface area contributed by atoms with Gasteiger partial charge < -0.3 is 4.74 Å². The Balaban J connectivity index is 1.94. The zero-order chi connectivity index (χ0) is 13.0. The summed E-state index contributed by atoms with van der Waals surface area (Å²) in [7, 11) is 0. The average molecular weight is 244 g/mol. The van der Waals surface area contributed by atoms with Crippen molar-refractivity contribution < 1.29 is 4.74 Å². The minimum atomic E-state index is 0.312. The standard InChI is InChI=1S/C15H20N2O/c1-12-9-17(10-13(2)18-12)11-15-5-3-14(4-6-15)7-8-16/h3-6,12-13H,7,9-11H2,1-2H3. The maximum Gasteiger partial charge on any atom is 0.0678 e. The summed E-state index contributed by atoms with van der Waals surface area (Å²) in [5, 5.41) is 8.64. The molecule has 1 aliphatic heterocycles. The van der Waals surface area contributed by atoms with Crippen LogP contribution in [0.1, 0.15) is 25.0 Å². The average Bonchev–Trinajstić information content (AvgIpc) is 2.31. The lowest BCUT2D eigenvalue weighted by molar-refractivity contribution is -0.0704. The van der Waals surface area contributed by atoms with Gasteiger partial charge in [0.1, 0.15) is 0 Å². The normalized spacial score (nSPS) is 24.7. The maximum atomic E-state index is 8.64. The smallest absolute Gasteiger partial charge is 0.0678 e. The summed E-state index contributed by atoms with van der Waals surface area (Å²) in [6.45, 7) is 7.19. The summed E-state index contributed by atoms with van der Waals surface area (Å²) in [4.78, 5) is 2.43. The lowest BCUT2D eigenvalue weighted by atomic mass is 10.1. The quantitative estimate of drug-likeness (QED) is 0.819. The van der Waals surface area contributed by atoms with Crippen LogP contribution >= 0.6 is 0 Å². The van der Waals surface area contributed by atoms with E-state index < -0.39 is 0 Å². The van der Waals surface area contributed by atoms with Crippen molar-refractivity contribution in [3.05, 3.63) is 35.4 Å². The molecule has 2 atom stereocenters. The van der Waals surface area contributed by atoms with E-state index in [1.807, 2.05) is 12.1 Å². The van der Waals surface area contributed by atoms with E-state index in [-0.39, 0.29) is 0 Å². The van der Waals surface area contributed by atoms with Gasteiger partial charge in [-0.1, -0.05) is 24.3 Å². The number of hydrogen-bond donors (Lipinski definition) is 0. The lowest BCUT2D eigenvalue weighted by Crippen LogP contribution is -2.44. The molecule has 0 aliphatic carbocycles. The van der Waals surface area contributed by atoms with Gasteiger partial charge >= 0.3 is 0 Å². The first-order chi connectivity index (χ1) is 8.67. The van der Waals surface area contributed by atoms with Crippen molar-refractivity contribution in [1.82, 2.24) is 4.90 Å². The second kappa shape index (κ2) is 5.99. The molecule has 1 heterocycles. The first-order valence-corrected chi connectivity index (χ1v) is 6.50. The van der Waals surface area contributed by atoms with Gasteiger partial charge in [0.15, 0.2) is 0 Å². The van der Waals surface area contributed by atoms with Crippen LogP contribution in [-0.2, 0) is 17.7 Å². The summed E-state index contributed by atoms with van der Waals surface area (Å²) < 4.78 is 5.73. The van der Waals surface area contributed by atoms with Crippen molar-refractivity contribution in [2.75, 3.05) is 13.1 Å². The highest BCUT2D eigenvalue weighted by Crippen LogP contribution is 2.14. The second-order valence-electron chi connectivity index (χ2n) is 5.10. The Morgan fingerprint density at radius 3 is 2.28 bits per heavy atom. The third-order valence-electron chi connectivity index (χ3n) is 3.21. The Hall–Kier alpha value is -1.37. The largest absolute Gasteiger partial charge is 0.373 e. The first-order valence-electron chi connectivity index (χ1n) is 6.50. The molecule has 1 aromatic rings. The van der Waals surface area contributed by atoms with Crippen molar-refractivity contribution >= 4 is 0 Å². The van der Waals surface area contributed by atoms with E-state index in [9.17, 15) is 0 Å². The summed E-state index contributed by atoms with van der Waals surface area (Å²) >= 11 is 0. The van der Waals surface area contributed by atoms with Crippen LogP contribution in [0.15, 0.2) is 24.3 Å². The van der Waals surface area contributed by atoms with Crippen LogP contribution in [0.5, 0.6) is 0 Å². The van der Waals surface area contributed by atoms with Gasteiger partial charge in [-0.05, 0) is 25.0 Å². The molecule has 18 heavy (non-hydrogen) atoms. The molecule has 2 unspecified atom stereocenters. The van der Waals surface area contributed by atoms with E-state index >= 15 is 0 Å². The van der Waals surface area contributed by atoms with Gasteiger partial charge in [0, 0.05) is 19.6 Å². The van der Waals surface area contributed by atoms with E-state index in [0.717, 1.165) is 25.2 Å². The molecular weight excluding hydrogens is 224 g/mol. The summed E-state index contributed by atoms with van der Waals surface area (Å²) in [6.07, 6.45) is 1.12. The van der Waals surface area contributed by atoms with E-state index in [1.165, 1.54) is 5.56 Å². The van der Waals surface area contributed by atoms with Gasteiger partial charge in [-0.3, -0.25) is 4.90 Å². The Labute approximate surface area is 109 Å². The minimum Gasteiger partial charge on any atom is -0.373 e. The summed E-state index contributed by atoms with van der Waals surface area (Å²) in [5.74, 6) is 0. The predicted molar refractivity (Wildman–Crippen MR) is 71.0 cm³/mol. The predicted octanol–water partition coefficient (Wildman–Crippen LogP) is 2.36. The third kappa shape index (κ3) is 3.56. The van der Waals surface area contributed by atoms with Crippen LogP contribution in [0.4, 0.5) is 0 Å². The van der Waals surface area contributed by atoms with Crippen molar-refractivity contribution in [2.45, 2.75) is 39.0 Å². The highest BCUT2D eigenvalue weighted by molar-refractivity contribution is 5.24. The highest BCUT2D eigenvalue weighted by atomic mass is 16.5. The highest BCUT2D eigenvalue weighted by Gasteiger charge is 2.21. The molecule has 3 heteroatoms. The molecule has 1 aliphatic rings.